The molecule has 1 aliphatic rings. The Labute approximate surface area is 144 Å². The second-order valence-corrected chi connectivity index (χ2v) is 7.46. The van der Waals surface area contributed by atoms with Gasteiger partial charge in [-0.2, -0.15) is 0 Å². The normalized spacial score (nSPS) is 21.6. The van der Waals surface area contributed by atoms with Crippen molar-refractivity contribution < 1.29 is 14.6 Å². The van der Waals surface area contributed by atoms with Crippen molar-refractivity contribution in [2.45, 2.75) is 71.7 Å². The molecule has 2 N–H and O–H groups in total. The second-order valence-electron chi connectivity index (χ2n) is 7.46. The summed E-state index contributed by atoms with van der Waals surface area (Å²) < 4.78 is 5.50. The number of carbonyl (C=O) groups is 1. The quantitative estimate of drug-likeness (QED) is 0.888. The summed E-state index contributed by atoms with van der Waals surface area (Å²) in [4.78, 5) is 18.5. The Kier molecular flexibility index (Phi) is 5.70. The van der Waals surface area contributed by atoms with E-state index in [1.807, 2.05) is 34.6 Å². The minimum atomic E-state index is -0.492. The highest BCUT2D eigenvalue weighted by molar-refractivity contribution is 5.68. The summed E-state index contributed by atoms with van der Waals surface area (Å²) in [5.74, 6) is 0.195. The molecule has 0 saturated carbocycles. The molecule has 2 unspecified atom stereocenters. The fourth-order valence-electron chi connectivity index (χ4n) is 2.96. The Bertz CT molecular complexity index is 583. The van der Waals surface area contributed by atoms with E-state index in [1.165, 1.54) is 0 Å². The van der Waals surface area contributed by atoms with Gasteiger partial charge >= 0.3 is 6.09 Å². The van der Waals surface area contributed by atoms with Gasteiger partial charge in [0.05, 0.1) is 5.69 Å². The molecule has 6 heteroatoms. The number of piperidine rings is 1. The summed E-state index contributed by atoms with van der Waals surface area (Å²) >= 11 is 0. The lowest BCUT2D eigenvalue weighted by atomic mass is 9.97. The van der Waals surface area contributed by atoms with Gasteiger partial charge in [0.15, 0.2) is 0 Å². The van der Waals surface area contributed by atoms with Gasteiger partial charge in [-0.25, -0.2) is 4.79 Å². The van der Waals surface area contributed by atoms with Crippen LogP contribution in [0.25, 0.3) is 0 Å². The molecule has 1 saturated heterocycles. The molecule has 0 aliphatic carbocycles. The van der Waals surface area contributed by atoms with Crippen molar-refractivity contribution in [1.29, 1.82) is 0 Å². The van der Waals surface area contributed by atoms with Crippen LogP contribution >= 0.6 is 0 Å². The van der Waals surface area contributed by atoms with Crippen molar-refractivity contribution in [3.63, 3.8) is 0 Å². The van der Waals surface area contributed by atoms with Crippen molar-refractivity contribution in [2.75, 3.05) is 6.54 Å². The number of rotatable bonds is 3. The largest absolute Gasteiger partial charge is 0.506 e. The van der Waals surface area contributed by atoms with E-state index in [1.54, 1.807) is 17.0 Å². The molecule has 2 rings (SSSR count). The van der Waals surface area contributed by atoms with E-state index in [-0.39, 0.29) is 23.9 Å². The van der Waals surface area contributed by atoms with Crippen LogP contribution in [0.1, 0.15) is 51.9 Å². The molecule has 134 valence electrons. The maximum atomic E-state index is 12.4. The van der Waals surface area contributed by atoms with Gasteiger partial charge in [-0.3, -0.25) is 4.98 Å². The van der Waals surface area contributed by atoms with Gasteiger partial charge in [-0.1, -0.05) is 0 Å². The third-order valence-corrected chi connectivity index (χ3v) is 4.24. The lowest BCUT2D eigenvalue weighted by molar-refractivity contribution is 0.00695. The molecule has 0 bridgehead atoms. The monoisotopic (exact) mass is 335 g/mol. The zero-order chi connectivity index (χ0) is 17.9. The Balaban J connectivity index is 1.98. The predicted molar refractivity (Wildman–Crippen MR) is 92.9 cm³/mol. The average molecular weight is 335 g/mol. The third kappa shape index (κ3) is 4.84. The number of aromatic nitrogens is 1. The van der Waals surface area contributed by atoms with Gasteiger partial charge < -0.3 is 20.1 Å². The Morgan fingerprint density at radius 2 is 2.17 bits per heavy atom. The minimum Gasteiger partial charge on any atom is -0.506 e. The Morgan fingerprint density at radius 1 is 1.46 bits per heavy atom. The van der Waals surface area contributed by atoms with E-state index in [0.717, 1.165) is 18.5 Å². The maximum Gasteiger partial charge on any atom is 0.410 e. The van der Waals surface area contributed by atoms with Crippen LogP contribution in [0.2, 0.25) is 0 Å². The average Bonchev–Trinajstić information content (AvgIpc) is 2.47. The smallest absolute Gasteiger partial charge is 0.410 e. The zero-order valence-corrected chi connectivity index (χ0v) is 15.3. The van der Waals surface area contributed by atoms with Crippen LogP contribution in [-0.4, -0.2) is 45.3 Å². The van der Waals surface area contributed by atoms with Gasteiger partial charge in [-0.05, 0) is 59.6 Å². The molecule has 6 nitrogen and oxygen atoms in total. The van der Waals surface area contributed by atoms with Crippen LogP contribution in [0.15, 0.2) is 12.1 Å². The van der Waals surface area contributed by atoms with E-state index in [2.05, 4.69) is 10.3 Å². The van der Waals surface area contributed by atoms with E-state index in [0.29, 0.717) is 18.8 Å². The van der Waals surface area contributed by atoms with Crippen molar-refractivity contribution in [3.8, 4) is 5.75 Å². The summed E-state index contributed by atoms with van der Waals surface area (Å²) in [5, 5.41) is 13.3. The summed E-state index contributed by atoms with van der Waals surface area (Å²) in [6, 6.07) is 3.62. The summed E-state index contributed by atoms with van der Waals surface area (Å²) in [5.41, 5.74) is 1.02. The highest BCUT2D eigenvalue weighted by Gasteiger charge is 2.33. The highest BCUT2D eigenvalue weighted by atomic mass is 16.6. The van der Waals surface area contributed by atoms with Crippen molar-refractivity contribution >= 4 is 6.09 Å². The minimum absolute atomic E-state index is 0.0283. The summed E-state index contributed by atoms with van der Waals surface area (Å²) in [7, 11) is 0. The van der Waals surface area contributed by atoms with E-state index < -0.39 is 5.60 Å². The summed E-state index contributed by atoms with van der Waals surface area (Å²) in [6.45, 7) is 10.7. The number of aryl methyl sites for hydroxylation is 1. The Hall–Kier alpha value is -1.82. The first-order chi connectivity index (χ1) is 11.2. The molecule has 0 spiro atoms. The fourth-order valence-corrected chi connectivity index (χ4v) is 2.96. The highest BCUT2D eigenvalue weighted by Crippen LogP contribution is 2.22. The van der Waals surface area contributed by atoms with E-state index >= 15 is 0 Å². The van der Waals surface area contributed by atoms with Crippen LogP contribution in [0.3, 0.4) is 0 Å². The molecule has 2 heterocycles. The van der Waals surface area contributed by atoms with Crippen LogP contribution < -0.4 is 5.32 Å². The first-order valence-corrected chi connectivity index (χ1v) is 8.56. The maximum absolute atomic E-state index is 12.4. The lowest BCUT2D eigenvalue weighted by Crippen LogP contribution is -2.55. The second kappa shape index (κ2) is 7.38. The molecule has 0 radical (unpaired) electrons. The topological polar surface area (TPSA) is 74.7 Å². The number of nitrogens with one attached hydrogen (secondary N) is 1. The zero-order valence-electron chi connectivity index (χ0n) is 15.3. The number of carbonyl (C=O) groups excluding carboxylic acids is 1. The van der Waals surface area contributed by atoms with Crippen LogP contribution in [0, 0.1) is 6.92 Å². The molecular weight excluding hydrogens is 306 g/mol. The number of aromatic hydroxyl groups is 1. The molecule has 1 amide bonds. The molecule has 1 aromatic rings. The van der Waals surface area contributed by atoms with E-state index in [4.69, 9.17) is 4.74 Å². The van der Waals surface area contributed by atoms with Gasteiger partial charge in [0.2, 0.25) is 0 Å². The first kappa shape index (κ1) is 18.5. The number of pyridine rings is 1. The van der Waals surface area contributed by atoms with Crippen LogP contribution in [0.5, 0.6) is 5.75 Å². The summed E-state index contributed by atoms with van der Waals surface area (Å²) in [6.07, 6.45) is 1.64. The molecular formula is C18H29N3O3. The van der Waals surface area contributed by atoms with E-state index in [9.17, 15) is 9.90 Å². The number of hydrogen-bond donors (Lipinski definition) is 2. The lowest BCUT2D eigenvalue weighted by Gasteiger charge is -2.40. The van der Waals surface area contributed by atoms with Gasteiger partial charge in [0.25, 0.3) is 0 Å². The standard InChI is InChI=1S/C18H29N3O3/c1-12-8-9-16(22)15(20-12)11-19-14-7-6-10-21(13(14)2)17(23)24-18(3,4)5/h8-9,13-14,19,22H,6-7,10-11H2,1-5H3. The number of amides is 1. The molecule has 2 atom stereocenters. The van der Waals surface area contributed by atoms with Crippen molar-refractivity contribution in [2.24, 2.45) is 0 Å². The first-order valence-electron chi connectivity index (χ1n) is 8.56. The number of likely N-dealkylation sites (tertiary alicyclic amines) is 1. The fraction of sp³-hybridized carbons (Fsp3) is 0.667. The Morgan fingerprint density at radius 3 is 2.83 bits per heavy atom. The molecule has 1 aromatic heterocycles. The SMILES string of the molecule is Cc1ccc(O)c(CNC2CCCN(C(=O)OC(C)(C)C)C2C)n1. The number of nitrogens with zero attached hydrogens (tertiary/aromatic N) is 2. The predicted octanol–water partition coefficient (Wildman–Crippen LogP) is 2.97. The molecule has 1 aliphatic heterocycles. The number of hydrogen-bond acceptors (Lipinski definition) is 5. The van der Waals surface area contributed by atoms with Gasteiger partial charge in [-0.15, -0.1) is 0 Å². The third-order valence-electron chi connectivity index (χ3n) is 4.24. The van der Waals surface area contributed by atoms with Crippen LogP contribution in [-0.2, 0) is 11.3 Å². The van der Waals surface area contributed by atoms with Gasteiger partial charge in [0, 0.05) is 30.9 Å². The number of ether oxygens (including phenoxy) is 1. The van der Waals surface area contributed by atoms with Crippen molar-refractivity contribution in [1.82, 2.24) is 15.2 Å². The molecule has 24 heavy (non-hydrogen) atoms. The van der Waals surface area contributed by atoms with Crippen LogP contribution in [0.4, 0.5) is 4.79 Å². The van der Waals surface area contributed by atoms with Crippen molar-refractivity contribution in [3.05, 3.63) is 23.5 Å². The van der Waals surface area contributed by atoms with Gasteiger partial charge in [0.1, 0.15) is 11.4 Å². The molecule has 0 aromatic carbocycles. The molecule has 1 fully saturated rings.